The van der Waals surface area contributed by atoms with Gasteiger partial charge in [-0.15, -0.1) is 0 Å². The van der Waals surface area contributed by atoms with Crippen LogP contribution in [0.25, 0.3) is 0 Å². The van der Waals surface area contributed by atoms with Crippen LogP contribution in [0, 0.1) is 17.2 Å². The SMILES string of the molecule is N#Cc1ccc(NC(=O)CC2CCNCC2)c(Cl)c1. The summed E-state index contributed by atoms with van der Waals surface area (Å²) >= 11 is 6.02. The van der Waals surface area contributed by atoms with Crippen LogP contribution in [0.2, 0.25) is 5.02 Å². The first-order valence-corrected chi connectivity index (χ1v) is 6.77. The molecule has 1 aromatic rings. The largest absolute Gasteiger partial charge is 0.325 e. The lowest BCUT2D eigenvalue weighted by Gasteiger charge is -2.22. The van der Waals surface area contributed by atoms with Crippen LogP contribution in [0.15, 0.2) is 18.2 Å². The van der Waals surface area contributed by atoms with Crippen LogP contribution in [0.4, 0.5) is 5.69 Å². The Hall–Kier alpha value is -1.57. The number of anilines is 1. The number of nitriles is 1. The molecule has 1 aliphatic rings. The second kappa shape index (κ2) is 6.55. The summed E-state index contributed by atoms with van der Waals surface area (Å²) in [5, 5.41) is 15.2. The molecule has 1 aromatic carbocycles. The van der Waals surface area contributed by atoms with E-state index in [-0.39, 0.29) is 5.91 Å². The molecule has 0 spiro atoms. The van der Waals surface area contributed by atoms with E-state index in [1.165, 1.54) is 0 Å². The van der Waals surface area contributed by atoms with E-state index in [1.54, 1.807) is 18.2 Å². The smallest absolute Gasteiger partial charge is 0.224 e. The Kier molecular flexibility index (Phi) is 4.78. The van der Waals surface area contributed by atoms with Gasteiger partial charge in [0.05, 0.1) is 22.3 Å². The zero-order valence-corrected chi connectivity index (χ0v) is 11.3. The van der Waals surface area contributed by atoms with Gasteiger partial charge in [0.2, 0.25) is 5.91 Å². The van der Waals surface area contributed by atoms with Crippen LogP contribution in [0.1, 0.15) is 24.8 Å². The average molecular weight is 278 g/mol. The first kappa shape index (κ1) is 13.9. The lowest BCUT2D eigenvalue weighted by molar-refractivity contribution is -0.117. The average Bonchev–Trinajstić information content (AvgIpc) is 2.42. The fourth-order valence-corrected chi connectivity index (χ4v) is 2.46. The van der Waals surface area contributed by atoms with E-state index in [0.717, 1.165) is 25.9 Å². The van der Waals surface area contributed by atoms with Gasteiger partial charge in [-0.05, 0) is 50.0 Å². The Bertz CT molecular complexity index is 504. The normalized spacial score (nSPS) is 15.8. The fourth-order valence-electron chi connectivity index (χ4n) is 2.24. The van der Waals surface area contributed by atoms with Crippen LogP contribution in [-0.2, 0) is 4.79 Å². The van der Waals surface area contributed by atoms with Gasteiger partial charge in [-0.2, -0.15) is 5.26 Å². The second-order valence-electron chi connectivity index (χ2n) is 4.75. The van der Waals surface area contributed by atoms with Crippen molar-refractivity contribution in [3.8, 4) is 6.07 Å². The molecule has 0 bridgehead atoms. The van der Waals surface area contributed by atoms with Crippen LogP contribution < -0.4 is 10.6 Å². The van der Waals surface area contributed by atoms with Gasteiger partial charge in [0.25, 0.3) is 0 Å². The highest BCUT2D eigenvalue weighted by Gasteiger charge is 2.17. The Morgan fingerprint density at radius 2 is 2.21 bits per heavy atom. The van der Waals surface area contributed by atoms with Crippen molar-refractivity contribution in [3.63, 3.8) is 0 Å². The van der Waals surface area contributed by atoms with E-state index in [1.807, 2.05) is 6.07 Å². The third kappa shape index (κ3) is 3.95. The molecule has 0 unspecified atom stereocenters. The Labute approximate surface area is 117 Å². The first-order chi connectivity index (χ1) is 9.19. The number of carbonyl (C=O) groups is 1. The molecule has 1 fully saturated rings. The summed E-state index contributed by atoms with van der Waals surface area (Å²) in [5.41, 5.74) is 1.06. The third-order valence-electron chi connectivity index (χ3n) is 3.31. The Morgan fingerprint density at radius 1 is 1.47 bits per heavy atom. The number of halogens is 1. The molecule has 1 heterocycles. The number of piperidine rings is 1. The first-order valence-electron chi connectivity index (χ1n) is 6.39. The third-order valence-corrected chi connectivity index (χ3v) is 3.62. The van der Waals surface area contributed by atoms with Gasteiger partial charge >= 0.3 is 0 Å². The maximum absolute atomic E-state index is 11.9. The molecule has 100 valence electrons. The van der Waals surface area contributed by atoms with Crippen molar-refractivity contribution in [2.75, 3.05) is 18.4 Å². The summed E-state index contributed by atoms with van der Waals surface area (Å²) in [6.45, 7) is 1.96. The molecule has 2 N–H and O–H groups in total. The summed E-state index contributed by atoms with van der Waals surface area (Å²) in [5.74, 6) is 0.428. The zero-order chi connectivity index (χ0) is 13.7. The lowest BCUT2D eigenvalue weighted by atomic mass is 9.94. The predicted octanol–water partition coefficient (Wildman–Crippen LogP) is 2.54. The molecular formula is C14H16ClN3O. The zero-order valence-electron chi connectivity index (χ0n) is 10.6. The standard InChI is InChI=1S/C14H16ClN3O/c15-12-7-11(9-16)1-2-13(12)18-14(19)8-10-3-5-17-6-4-10/h1-2,7,10,17H,3-6,8H2,(H,18,19). The Balaban J connectivity index is 1.93. The maximum Gasteiger partial charge on any atom is 0.224 e. The molecule has 1 amide bonds. The summed E-state index contributed by atoms with van der Waals surface area (Å²) in [6, 6.07) is 6.88. The number of carbonyl (C=O) groups excluding carboxylic acids is 1. The molecule has 1 saturated heterocycles. The summed E-state index contributed by atoms with van der Waals surface area (Å²) < 4.78 is 0. The lowest BCUT2D eigenvalue weighted by Crippen LogP contribution is -2.30. The molecule has 5 heteroatoms. The number of nitrogens with one attached hydrogen (secondary N) is 2. The summed E-state index contributed by atoms with van der Waals surface area (Å²) in [4.78, 5) is 11.9. The minimum atomic E-state index is -0.0153. The number of hydrogen-bond donors (Lipinski definition) is 2. The second-order valence-corrected chi connectivity index (χ2v) is 5.16. The highest BCUT2D eigenvalue weighted by molar-refractivity contribution is 6.33. The molecule has 19 heavy (non-hydrogen) atoms. The minimum Gasteiger partial charge on any atom is -0.325 e. The van der Waals surface area contributed by atoms with Crippen molar-refractivity contribution < 1.29 is 4.79 Å². The summed E-state index contributed by atoms with van der Waals surface area (Å²) in [6.07, 6.45) is 2.60. The molecule has 0 saturated carbocycles. The topological polar surface area (TPSA) is 64.9 Å². The molecule has 4 nitrogen and oxygen atoms in total. The number of rotatable bonds is 3. The molecule has 0 aromatic heterocycles. The molecule has 0 aliphatic carbocycles. The number of hydrogen-bond acceptors (Lipinski definition) is 3. The number of amides is 1. The predicted molar refractivity (Wildman–Crippen MR) is 75.0 cm³/mol. The molecule has 1 aliphatic heterocycles. The highest BCUT2D eigenvalue weighted by atomic mass is 35.5. The maximum atomic E-state index is 11.9. The Morgan fingerprint density at radius 3 is 2.84 bits per heavy atom. The van der Waals surface area contributed by atoms with E-state index >= 15 is 0 Å². The monoisotopic (exact) mass is 277 g/mol. The van der Waals surface area contributed by atoms with Crippen LogP contribution >= 0.6 is 11.6 Å². The van der Waals surface area contributed by atoms with E-state index in [2.05, 4.69) is 10.6 Å². The summed E-state index contributed by atoms with van der Waals surface area (Å²) in [7, 11) is 0. The van der Waals surface area contributed by atoms with E-state index in [4.69, 9.17) is 16.9 Å². The van der Waals surface area contributed by atoms with Gasteiger partial charge in [-0.25, -0.2) is 0 Å². The van der Waals surface area contributed by atoms with Crippen LogP contribution in [-0.4, -0.2) is 19.0 Å². The molecule has 2 rings (SSSR count). The van der Waals surface area contributed by atoms with Gasteiger partial charge in [0.1, 0.15) is 0 Å². The van der Waals surface area contributed by atoms with Gasteiger partial charge in [-0.1, -0.05) is 11.6 Å². The van der Waals surface area contributed by atoms with Gasteiger partial charge < -0.3 is 10.6 Å². The van der Waals surface area contributed by atoms with E-state index < -0.39 is 0 Å². The molecular weight excluding hydrogens is 262 g/mol. The molecule has 0 atom stereocenters. The van der Waals surface area contributed by atoms with Crippen molar-refractivity contribution >= 4 is 23.2 Å². The fraction of sp³-hybridized carbons (Fsp3) is 0.429. The molecule has 0 radical (unpaired) electrons. The van der Waals surface area contributed by atoms with Crippen molar-refractivity contribution in [2.45, 2.75) is 19.3 Å². The van der Waals surface area contributed by atoms with Gasteiger partial charge in [-0.3, -0.25) is 4.79 Å². The number of benzene rings is 1. The number of nitrogens with zero attached hydrogens (tertiary/aromatic N) is 1. The highest BCUT2D eigenvalue weighted by Crippen LogP contribution is 2.24. The van der Waals surface area contributed by atoms with Gasteiger partial charge in [0.15, 0.2) is 0 Å². The van der Waals surface area contributed by atoms with Crippen LogP contribution in [0.5, 0.6) is 0 Å². The van der Waals surface area contributed by atoms with Crippen LogP contribution in [0.3, 0.4) is 0 Å². The van der Waals surface area contributed by atoms with E-state index in [0.29, 0.717) is 28.6 Å². The van der Waals surface area contributed by atoms with E-state index in [9.17, 15) is 4.79 Å². The van der Waals surface area contributed by atoms with Gasteiger partial charge in [0, 0.05) is 6.42 Å². The van der Waals surface area contributed by atoms with Crippen molar-refractivity contribution in [1.29, 1.82) is 5.26 Å². The van der Waals surface area contributed by atoms with Crippen molar-refractivity contribution in [2.24, 2.45) is 5.92 Å². The quantitative estimate of drug-likeness (QED) is 0.892. The van der Waals surface area contributed by atoms with Crippen molar-refractivity contribution in [1.82, 2.24) is 5.32 Å². The minimum absolute atomic E-state index is 0.0153. The van der Waals surface area contributed by atoms with Crippen molar-refractivity contribution in [3.05, 3.63) is 28.8 Å².